The van der Waals surface area contributed by atoms with Crippen molar-refractivity contribution >= 4 is 53.4 Å². The molecule has 0 aromatic carbocycles. The Kier molecular flexibility index (Phi) is 3.65. The minimum Gasteiger partial charge on any atom is -0.368 e. The van der Waals surface area contributed by atoms with Crippen LogP contribution in [0.4, 0.5) is 11.6 Å². The lowest BCUT2D eigenvalue weighted by atomic mass is 10.1. The van der Waals surface area contributed by atoms with Crippen LogP contribution < -0.4 is 10.6 Å². The van der Waals surface area contributed by atoms with Crippen molar-refractivity contribution in [1.82, 2.24) is 9.97 Å². The third-order valence-electron chi connectivity index (χ3n) is 2.55. The second-order valence-corrected chi connectivity index (χ2v) is 4.85. The highest BCUT2D eigenvalue weighted by atomic mass is 35.5. The number of hydrogen-bond donors (Lipinski definition) is 2. The molecule has 1 aliphatic rings. The maximum absolute atomic E-state index is 11.8. The molecule has 1 amide bonds. The number of carbonyl (C=O) groups is 1. The predicted octanol–water partition coefficient (Wildman–Crippen LogP) is 1.65. The highest BCUT2D eigenvalue weighted by molar-refractivity contribution is 7.80. The van der Waals surface area contributed by atoms with Gasteiger partial charge in [0, 0.05) is 13.0 Å². The molecule has 17 heavy (non-hydrogen) atoms. The molecule has 0 saturated carbocycles. The Morgan fingerprint density at radius 3 is 2.47 bits per heavy atom. The SMILES string of the molecule is Nc1nc(Cl)c(N2CC(CS)CC2=O)c(Cl)n1. The summed E-state index contributed by atoms with van der Waals surface area (Å²) >= 11 is 16.1. The fourth-order valence-electron chi connectivity index (χ4n) is 1.76. The number of anilines is 2. The number of thiol groups is 1. The quantitative estimate of drug-likeness (QED) is 0.642. The zero-order chi connectivity index (χ0) is 12.6. The summed E-state index contributed by atoms with van der Waals surface area (Å²) in [6, 6.07) is 0. The lowest BCUT2D eigenvalue weighted by Gasteiger charge is -2.18. The molecule has 1 fully saturated rings. The van der Waals surface area contributed by atoms with E-state index in [4.69, 9.17) is 28.9 Å². The van der Waals surface area contributed by atoms with E-state index < -0.39 is 0 Å². The van der Waals surface area contributed by atoms with E-state index in [1.165, 1.54) is 4.90 Å². The third-order valence-corrected chi connectivity index (χ3v) is 3.59. The van der Waals surface area contributed by atoms with Gasteiger partial charge in [-0.15, -0.1) is 0 Å². The molecule has 1 aromatic heterocycles. The summed E-state index contributed by atoms with van der Waals surface area (Å²) < 4.78 is 0. The molecule has 5 nitrogen and oxygen atoms in total. The Morgan fingerprint density at radius 1 is 1.41 bits per heavy atom. The molecule has 1 aliphatic heterocycles. The van der Waals surface area contributed by atoms with E-state index in [9.17, 15) is 4.79 Å². The van der Waals surface area contributed by atoms with Gasteiger partial charge in [-0.3, -0.25) is 4.79 Å². The summed E-state index contributed by atoms with van der Waals surface area (Å²) in [6.45, 7) is 0.523. The molecule has 8 heteroatoms. The molecule has 2 N–H and O–H groups in total. The van der Waals surface area contributed by atoms with Gasteiger partial charge in [-0.2, -0.15) is 22.6 Å². The van der Waals surface area contributed by atoms with Gasteiger partial charge >= 0.3 is 0 Å². The van der Waals surface area contributed by atoms with E-state index in [0.29, 0.717) is 24.4 Å². The first-order valence-corrected chi connectivity index (χ1v) is 6.31. The molecule has 0 aliphatic carbocycles. The average molecular weight is 293 g/mol. The van der Waals surface area contributed by atoms with Crippen LogP contribution in [-0.2, 0) is 4.79 Å². The highest BCUT2D eigenvalue weighted by Gasteiger charge is 2.33. The number of amides is 1. The molecule has 1 unspecified atom stereocenters. The van der Waals surface area contributed by atoms with Crippen LogP contribution in [-0.4, -0.2) is 28.2 Å². The first-order valence-electron chi connectivity index (χ1n) is 4.92. The predicted molar refractivity (Wildman–Crippen MR) is 70.8 cm³/mol. The number of rotatable bonds is 2. The van der Waals surface area contributed by atoms with E-state index in [-0.39, 0.29) is 28.1 Å². The molecule has 2 heterocycles. The Hall–Kier alpha value is -0.720. The maximum atomic E-state index is 11.8. The zero-order valence-electron chi connectivity index (χ0n) is 8.73. The van der Waals surface area contributed by atoms with E-state index in [0.717, 1.165) is 0 Å². The van der Waals surface area contributed by atoms with Crippen LogP contribution in [0.25, 0.3) is 0 Å². The summed E-state index contributed by atoms with van der Waals surface area (Å²) in [6.07, 6.45) is 0.431. The van der Waals surface area contributed by atoms with Gasteiger partial charge in [0.05, 0.1) is 0 Å². The molecule has 1 aromatic rings. The normalized spacial score (nSPS) is 20.1. The number of halogens is 2. The second kappa shape index (κ2) is 4.88. The number of aromatic nitrogens is 2. The van der Waals surface area contributed by atoms with Crippen LogP contribution in [0.2, 0.25) is 10.3 Å². The van der Waals surface area contributed by atoms with Crippen LogP contribution in [0.1, 0.15) is 6.42 Å². The first-order chi connectivity index (χ1) is 8.02. The van der Waals surface area contributed by atoms with Gasteiger partial charge in [-0.1, -0.05) is 23.2 Å². The minimum absolute atomic E-state index is 0.0128. The van der Waals surface area contributed by atoms with Gasteiger partial charge in [-0.25, -0.2) is 0 Å². The molecule has 0 spiro atoms. The smallest absolute Gasteiger partial charge is 0.227 e. The Bertz CT molecular complexity index is 447. The minimum atomic E-state index is -0.0544. The van der Waals surface area contributed by atoms with Crippen LogP contribution in [0.15, 0.2) is 0 Å². The van der Waals surface area contributed by atoms with Gasteiger partial charge in [0.25, 0.3) is 0 Å². The van der Waals surface area contributed by atoms with Crippen molar-refractivity contribution in [2.45, 2.75) is 6.42 Å². The molecule has 1 atom stereocenters. The maximum Gasteiger partial charge on any atom is 0.227 e. The average Bonchev–Trinajstić information content (AvgIpc) is 2.59. The summed E-state index contributed by atoms with van der Waals surface area (Å²) in [5, 5.41) is 0.186. The Morgan fingerprint density at radius 2 is 2.00 bits per heavy atom. The second-order valence-electron chi connectivity index (χ2n) is 3.77. The van der Waals surface area contributed by atoms with E-state index >= 15 is 0 Å². The monoisotopic (exact) mass is 292 g/mol. The highest BCUT2D eigenvalue weighted by Crippen LogP contribution is 2.35. The molecule has 92 valence electrons. The zero-order valence-corrected chi connectivity index (χ0v) is 11.1. The van der Waals surface area contributed by atoms with Gasteiger partial charge in [0.2, 0.25) is 11.9 Å². The van der Waals surface area contributed by atoms with Gasteiger partial charge < -0.3 is 10.6 Å². The summed E-state index contributed by atoms with van der Waals surface area (Å²) in [5.41, 5.74) is 5.74. The summed E-state index contributed by atoms with van der Waals surface area (Å²) in [4.78, 5) is 20.9. The van der Waals surface area contributed by atoms with E-state index in [2.05, 4.69) is 22.6 Å². The van der Waals surface area contributed by atoms with Crippen LogP contribution >= 0.6 is 35.8 Å². The topological polar surface area (TPSA) is 72.1 Å². The first kappa shape index (κ1) is 12.7. The van der Waals surface area contributed by atoms with Crippen molar-refractivity contribution in [3.8, 4) is 0 Å². The summed E-state index contributed by atoms with van der Waals surface area (Å²) in [7, 11) is 0. The van der Waals surface area contributed by atoms with Gasteiger partial charge in [0.15, 0.2) is 10.3 Å². The van der Waals surface area contributed by atoms with Crippen molar-refractivity contribution in [3.05, 3.63) is 10.3 Å². The molecule has 0 radical (unpaired) electrons. The Labute approximate surface area is 114 Å². The number of nitrogen functional groups attached to an aromatic ring is 1. The van der Waals surface area contributed by atoms with Crippen molar-refractivity contribution in [3.63, 3.8) is 0 Å². The molecule has 0 bridgehead atoms. The van der Waals surface area contributed by atoms with Crippen molar-refractivity contribution in [1.29, 1.82) is 0 Å². The number of nitrogens with zero attached hydrogens (tertiary/aromatic N) is 3. The number of nitrogens with two attached hydrogens (primary N) is 1. The van der Waals surface area contributed by atoms with Gasteiger partial charge in [0.1, 0.15) is 5.69 Å². The fourth-order valence-corrected chi connectivity index (χ4v) is 2.61. The Balaban J connectivity index is 2.38. The molecular formula is C9H10Cl2N4OS. The summed E-state index contributed by atoms with van der Waals surface area (Å²) in [5.74, 6) is 0.755. The lowest BCUT2D eigenvalue weighted by Crippen LogP contribution is -2.26. The van der Waals surface area contributed by atoms with Crippen LogP contribution in [0, 0.1) is 5.92 Å². The van der Waals surface area contributed by atoms with Crippen LogP contribution in [0.3, 0.4) is 0 Å². The van der Waals surface area contributed by atoms with Crippen molar-refractivity contribution in [2.75, 3.05) is 22.9 Å². The molecular weight excluding hydrogens is 283 g/mol. The lowest BCUT2D eigenvalue weighted by molar-refractivity contribution is -0.117. The van der Waals surface area contributed by atoms with Crippen LogP contribution in [0.5, 0.6) is 0 Å². The standard InChI is InChI=1S/C9H10Cl2N4OS/c10-7-6(8(11)14-9(12)13-7)15-2-4(3-17)1-5(15)16/h4,17H,1-3H2,(H2,12,13,14). The molecule has 1 saturated heterocycles. The van der Waals surface area contributed by atoms with Gasteiger partial charge in [-0.05, 0) is 11.7 Å². The number of hydrogen-bond acceptors (Lipinski definition) is 5. The van der Waals surface area contributed by atoms with Crippen molar-refractivity contribution < 1.29 is 4.79 Å². The molecule has 2 rings (SSSR count). The third kappa shape index (κ3) is 2.43. The largest absolute Gasteiger partial charge is 0.368 e. The fraction of sp³-hybridized carbons (Fsp3) is 0.444. The number of carbonyl (C=O) groups excluding carboxylic acids is 1. The van der Waals surface area contributed by atoms with Crippen molar-refractivity contribution in [2.24, 2.45) is 5.92 Å². The van der Waals surface area contributed by atoms with E-state index in [1.54, 1.807) is 0 Å². The van der Waals surface area contributed by atoms with E-state index in [1.807, 2.05) is 0 Å².